The molecule has 0 N–H and O–H groups in total. The van der Waals surface area contributed by atoms with Crippen molar-refractivity contribution in [1.29, 1.82) is 0 Å². The molecule has 0 saturated heterocycles. The highest BCUT2D eigenvalue weighted by Crippen LogP contribution is 2.43. The number of hydrogen-bond acceptors (Lipinski definition) is 4. The molecule has 4 nitrogen and oxygen atoms in total. The number of benzene rings is 1. The van der Waals surface area contributed by atoms with Crippen LogP contribution in [-0.2, 0) is 6.54 Å². The van der Waals surface area contributed by atoms with Crippen LogP contribution in [0.15, 0.2) is 76.9 Å². The molecule has 0 unspecified atom stereocenters. The predicted molar refractivity (Wildman–Crippen MR) is 142 cm³/mol. The molecule has 2 aliphatic rings. The molecule has 1 aliphatic heterocycles. The van der Waals surface area contributed by atoms with Gasteiger partial charge in [0.2, 0.25) is 0 Å². The number of anilines is 1. The Balaban J connectivity index is 1.63. The lowest BCUT2D eigenvalue weighted by Crippen LogP contribution is -2.32. The van der Waals surface area contributed by atoms with Gasteiger partial charge in [-0.25, -0.2) is 19.3 Å². The van der Waals surface area contributed by atoms with E-state index in [1.807, 2.05) is 45.0 Å². The number of para-hydroxylation sites is 1. The van der Waals surface area contributed by atoms with Gasteiger partial charge in [0.1, 0.15) is 23.1 Å². The second-order valence-corrected chi connectivity index (χ2v) is 9.73. The minimum Gasteiger partial charge on any atom is -0.348 e. The van der Waals surface area contributed by atoms with E-state index in [1.54, 1.807) is 12.4 Å². The van der Waals surface area contributed by atoms with Gasteiger partial charge >= 0.3 is 0 Å². The fraction of sp³-hybridized carbons (Fsp3) is 0.276. The molecule has 0 amide bonds. The van der Waals surface area contributed by atoms with E-state index < -0.39 is 0 Å². The van der Waals surface area contributed by atoms with Crippen molar-refractivity contribution >= 4 is 33.9 Å². The van der Waals surface area contributed by atoms with Gasteiger partial charge in [0, 0.05) is 36.0 Å². The summed E-state index contributed by atoms with van der Waals surface area (Å²) in [7, 11) is 0. The van der Waals surface area contributed by atoms with Crippen LogP contribution < -0.4 is 4.90 Å². The second-order valence-electron chi connectivity index (χ2n) is 9.37. The molecular formula is C29H28ClFN4. The minimum absolute atomic E-state index is 0.117. The Hall–Kier alpha value is -3.31. The third-order valence-corrected chi connectivity index (χ3v) is 7.10. The summed E-state index contributed by atoms with van der Waals surface area (Å²) >= 11 is 6.62. The SMILES string of the molecule is CCC1=C(C2=CC(=C(C)C)CC(F)=C2)c2c(C)ncnc2N(Cc2cc3ccccc3nc2Cl)C1. The van der Waals surface area contributed by atoms with Crippen LogP contribution in [0.4, 0.5) is 10.2 Å². The first-order chi connectivity index (χ1) is 16.9. The Morgan fingerprint density at radius 2 is 1.94 bits per heavy atom. The quantitative estimate of drug-likeness (QED) is 0.354. The third-order valence-electron chi connectivity index (χ3n) is 6.77. The third kappa shape index (κ3) is 4.41. The molecule has 5 rings (SSSR count). The first-order valence-corrected chi connectivity index (χ1v) is 12.3. The van der Waals surface area contributed by atoms with Crippen LogP contribution in [0.25, 0.3) is 16.5 Å². The summed E-state index contributed by atoms with van der Waals surface area (Å²) in [6.07, 6.45) is 6.58. The number of aryl methyl sites for hydroxylation is 1. The minimum atomic E-state index is -0.117. The zero-order valence-corrected chi connectivity index (χ0v) is 21.2. The van der Waals surface area contributed by atoms with Crippen LogP contribution in [0, 0.1) is 6.92 Å². The molecule has 6 heteroatoms. The van der Waals surface area contributed by atoms with E-state index in [0.29, 0.717) is 24.7 Å². The van der Waals surface area contributed by atoms with Crippen molar-refractivity contribution in [2.24, 2.45) is 0 Å². The predicted octanol–water partition coefficient (Wildman–Crippen LogP) is 7.69. The van der Waals surface area contributed by atoms with Crippen LogP contribution in [0.3, 0.4) is 0 Å². The summed E-state index contributed by atoms with van der Waals surface area (Å²) in [6.45, 7) is 9.45. The molecule has 2 aromatic heterocycles. The number of aromatic nitrogens is 3. The maximum Gasteiger partial charge on any atom is 0.140 e. The number of pyridine rings is 1. The lowest BCUT2D eigenvalue weighted by atomic mass is 9.84. The molecule has 1 aliphatic carbocycles. The van der Waals surface area contributed by atoms with Crippen molar-refractivity contribution in [1.82, 2.24) is 15.0 Å². The van der Waals surface area contributed by atoms with Crippen LogP contribution in [0.5, 0.6) is 0 Å². The number of hydrogen-bond donors (Lipinski definition) is 0. The molecule has 3 aromatic rings. The van der Waals surface area contributed by atoms with Crippen LogP contribution in [-0.4, -0.2) is 21.5 Å². The van der Waals surface area contributed by atoms with Gasteiger partial charge in [0.05, 0.1) is 11.2 Å². The van der Waals surface area contributed by atoms with Crippen molar-refractivity contribution < 1.29 is 4.39 Å². The molecular weight excluding hydrogens is 459 g/mol. The monoisotopic (exact) mass is 486 g/mol. The Kier molecular flexibility index (Phi) is 6.28. The highest BCUT2D eigenvalue weighted by Gasteiger charge is 2.30. The smallest absolute Gasteiger partial charge is 0.140 e. The van der Waals surface area contributed by atoms with Crippen molar-refractivity contribution in [3.05, 3.63) is 98.9 Å². The number of halogens is 2. The van der Waals surface area contributed by atoms with E-state index in [4.69, 9.17) is 16.6 Å². The van der Waals surface area contributed by atoms with E-state index in [9.17, 15) is 4.39 Å². The van der Waals surface area contributed by atoms with Gasteiger partial charge in [-0.05, 0) is 67.7 Å². The molecule has 35 heavy (non-hydrogen) atoms. The Morgan fingerprint density at radius 1 is 1.14 bits per heavy atom. The van der Waals surface area contributed by atoms with Crippen molar-refractivity contribution in [2.75, 3.05) is 11.4 Å². The Bertz CT molecular complexity index is 1460. The average Bonchev–Trinajstić information content (AvgIpc) is 2.84. The first-order valence-electron chi connectivity index (χ1n) is 11.9. The normalized spacial score (nSPS) is 15.8. The summed E-state index contributed by atoms with van der Waals surface area (Å²) < 4.78 is 14.7. The number of rotatable bonds is 4. The molecule has 178 valence electrons. The number of nitrogens with zero attached hydrogens (tertiary/aromatic N) is 4. The summed E-state index contributed by atoms with van der Waals surface area (Å²) in [5.41, 5.74) is 8.99. The molecule has 0 bridgehead atoms. The van der Waals surface area contributed by atoms with Gasteiger partial charge in [0.15, 0.2) is 0 Å². The van der Waals surface area contributed by atoms with Crippen LogP contribution in [0.1, 0.15) is 50.4 Å². The Labute approximate surface area is 210 Å². The first kappa shape index (κ1) is 23.4. The lowest BCUT2D eigenvalue weighted by molar-refractivity contribution is 0.608. The zero-order chi connectivity index (χ0) is 24.7. The van der Waals surface area contributed by atoms with Gasteiger partial charge < -0.3 is 4.90 Å². The largest absolute Gasteiger partial charge is 0.348 e. The van der Waals surface area contributed by atoms with E-state index >= 15 is 0 Å². The van der Waals surface area contributed by atoms with E-state index in [1.165, 1.54) is 5.57 Å². The van der Waals surface area contributed by atoms with Gasteiger partial charge in [-0.2, -0.15) is 0 Å². The summed E-state index contributed by atoms with van der Waals surface area (Å²) in [5.74, 6) is 0.724. The molecule has 3 heterocycles. The van der Waals surface area contributed by atoms with Gasteiger partial charge in [0.25, 0.3) is 0 Å². The summed E-state index contributed by atoms with van der Waals surface area (Å²) in [5, 5.41) is 1.55. The molecule has 0 saturated carbocycles. The highest BCUT2D eigenvalue weighted by atomic mass is 35.5. The van der Waals surface area contributed by atoms with E-state index in [0.717, 1.165) is 62.3 Å². The van der Waals surface area contributed by atoms with Crippen LogP contribution >= 0.6 is 11.6 Å². The fourth-order valence-electron chi connectivity index (χ4n) is 4.92. The molecule has 1 aromatic carbocycles. The summed E-state index contributed by atoms with van der Waals surface area (Å²) in [6, 6.07) is 10.1. The highest BCUT2D eigenvalue weighted by molar-refractivity contribution is 6.30. The van der Waals surface area contributed by atoms with E-state index in [2.05, 4.69) is 33.9 Å². The molecule has 0 spiro atoms. The number of allylic oxidation sites excluding steroid dienone is 7. The molecule has 0 fully saturated rings. The van der Waals surface area contributed by atoms with Crippen LogP contribution in [0.2, 0.25) is 5.15 Å². The van der Waals surface area contributed by atoms with Gasteiger partial charge in [-0.3, -0.25) is 0 Å². The number of fused-ring (bicyclic) bond motifs is 2. The summed E-state index contributed by atoms with van der Waals surface area (Å²) in [4.78, 5) is 16.1. The zero-order valence-electron chi connectivity index (χ0n) is 20.5. The van der Waals surface area contributed by atoms with Crippen molar-refractivity contribution in [3.8, 4) is 0 Å². The van der Waals surface area contributed by atoms with Crippen molar-refractivity contribution in [2.45, 2.75) is 47.1 Å². The molecule has 0 radical (unpaired) electrons. The lowest BCUT2D eigenvalue weighted by Gasteiger charge is -2.35. The average molecular weight is 487 g/mol. The fourth-order valence-corrected chi connectivity index (χ4v) is 5.13. The van der Waals surface area contributed by atoms with Gasteiger partial charge in [-0.15, -0.1) is 0 Å². The Morgan fingerprint density at radius 3 is 2.71 bits per heavy atom. The second kappa shape index (κ2) is 9.38. The van der Waals surface area contributed by atoms with Crippen molar-refractivity contribution in [3.63, 3.8) is 0 Å². The standard InChI is InChI=1S/C29H28ClFN4/c1-5-19-14-35(15-23-10-20-8-6-7-9-25(20)34-28(23)30)29-26(18(4)32-16-33-29)27(19)22-11-21(17(2)3)12-24(31)13-22/h6-11,13,16H,5,12,14-15H2,1-4H3. The topological polar surface area (TPSA) is 41.9 Å². The maximum atomic E-state index is 14.7. The van der Waals surface area contributed by atoms with Gasteiger partial charge in [-0.1, -0.05) is 48.4 Å². The van der Waals surface area contributed by atoms with E-state index in [-0.39, 0.29) is 5.83 Å². The maximum absolute atomic E-state index is 14.7. The molecule has 0 atom stereocenters.